The van der Waals surface area contributed by atoms with Crippen LogP contribution in [0.15, 0.2) is 108 Å². The molecule has 0 unspecified atom stereocenters. The maximum Gasteiger partial charge on any atom is 0.128 e. The minimum Gasteiger partial charge on any atom is -0.488 e. The molecule has 0 saturated carbocycles. The van der Waals surface area contributed by atoms with Crippen molar-refractivity contribution in [2.24, 2.45) is 10.9 Å². The molecule has 0 radical (unpaired) electrons. The van der Waals surface area contributed by atoms with E-state index in [1.54, 1.807) is 12.1 Å². The number of allylic oxidation sites excluding steroid dienone is 2. The molecule has 0 amide bonds. The van der Waals surface area contributed by atoms with Crippen molar-refractivity contribution >= 4 is 17.6 Å². The highest BCUT2D eigenvalue weighted by molar-refractivity contribution is 5.85. The van der Waals surface area contributed by atoms with Crippen LogP contribution in [0.5, 0.6) is 5.75 Å². The average molecular weight is 489 g/mol. The third-order valence-corrected chi connectivity index (χ3v) is 7.35. The van der Waals surface area contributed by atoms with Gasteiger partial charge in [-0.25, -0.2) is 4.39 Å². The Morgan fingerprint density at radius 3 is 2.62 bits per heavy atom. The van der Waals surface area contributed by atoms with Crippen molar-refractivity contribution in [1.82, 2.24) is 0 Å². The van der Waals surface area contributed by atoms with Crippen molar-refractivity contribution < 1.29 is 9.13 Å². The van der Waals surface area contributed by atoms with Gasteiger partial charge in [0.05, 0.1) is 11.7 Å². The summed E-state index contributed by atoms with van der Waals surface area (Å²) < 4.78 is 19.2. The quantitative estimate of drug-likeness (QED) is 0.219. The van der Waals surface area contributed by atoms with Crippen LogP contribution in [0.25, 0.3) is 0 Å². The van der Waals surface area contributed by atoms with Crippen LogP contribution < -0.4 is 10.1 Å². The molecule has 4 heteroatoms. The SMILES string of the molecule is Cc1ccc2c(c1)[C@@H]1C=CC[C@@H]1[C@H](c1ccc(N=Cc3ccccc3OCc3ccc(F)cc3)cc1)N2. The molecule has 1 N–H and O–H groups in total. The first-order chi connectivity index (χ1) is 18.1. The van der Waals surface area contributed by atoms with E-state index in [9.17, 15) is 4.39 Å². The Morgan fingerprint density at radius 1 is 0.973 bits per heavy atom. The van der Waals surface area contributed by atoms with Gasteiger partial charge in [0, 0.05) is 23.4 Å². The van der Waals surface area contributed by atoms with E-state index < -0.39 is 0 Å². The molecular weight excluding hydrogens is 459 g/mol. The summed E-state index contributed by atoms with van der Waals surface area (Å²) in [6.45, 7) is 2.53. The number of hydrogen-bond donors (Lipinski definition) is 1. The van der Waals surface area contributed by atoms with Crippen molar-refractivity contribution in [2.75, 3.05) is 5.32 Å². The smallest absolute Gasteiger partial charge is 0.128 e. The number of hydrogen-bond acceptors (Lipinski definition) is 3. The van der Waals surface area contributed by atoms with E-state index in [1.165, 1.54) is 34.5 Å². The molecule has 0 bridgehead atoms. The lowest BCUT2D eigenvalue weighted by Gasteiger charge is -2.37. The molecule has 1 heterocycles. The first-order valence-corrected chi connectivity index (χ1v) is 12.8. The van der Waals surface area contributed by atoms with Gasteiger partial charge >= 0.3 is 0 Å². The highest BCUT2D eigenvalue weighted by Gasteiger charge is 2.37. The van der Waals surface area contributed by atoms with Crippen molar-refractivity contribution in [3.05, 3.63) is 137 Å². The van der Waals surface area contributed by atoms with Gasteiger partial charge in [0.25, 0.3) is 0 Å². The predicted molar refractivity (Wildman–Crippen MR) is 148 cm³/mol. The van der Waals surface area contributed by atoms with Crippen LogP contribution in [0.2, 0.25) is 0 Å². The van der Waals surface area contributed by atoms with Gasteiger partial charge in [-0.2, -0.15) is 0 Å². The first-order valence-electron chi connectivity index (χ1n) is 12.8. The van der Waals surface area contributed by atoms with E-state index in [-0.39, 0.29) is 11.9 Å². The monoisotopic (exact) mass is 488 g/mol. The van der Waals surface area contributed by atoms with Crippen LogP contribution in [0.4, 0.5) is 15.8 Å². The molecule has 4 aromatic rings. The maximum absolute atomic E-state index is 13.2. The Kier molecular flexibility index (Phi) is 6.32. The van der Waals surface area contributed by atoms with Crippen molar-refractivity contribution in [1.29, 1.82) is 0 Å². The van der Waals surface area contributed by atoms with Gasteiger partial charge in [-0.05, 0) is 78.4 Å². The van der Waals surface area contributed by atoms with Gasteiger partial charge in [-0.3, -0.25) is 4.99 Å². The van der Waals surface area contributed by atoms with E-state index in [0.717, 1.165) is 29.0 Å². The summed E-state index contributed by atoms with van der Waals surface area (Å²) in [4.78, 5) is 4.71. The number of halogens is 1. The lowest BCUT2D eigenvalue weighted by molar-refractivity contribution is 0.305. The van der Waals surface area contributed by atoms with Gasteiger partial charge in [-0.15, -0.1) is 0 Å². The average Bonchev–Trinajstić information content (AvgIpc) is 3.43. The van der Waals surface area contributed by atoms with Crippen LogP contribution in [-0.2, 0) is 6.61 Å². The number of aryl methyl sites for hydroxylation is 1. The highest BCUT2D eigenvalue weighted by atomic mass is 19.1. The second-order valence-corrected chi connectivity index (χ2v) is 9.87. The lowest BCUT2D eigenvalue weighted by atomic mass is 9.76. The second kappa shape index (κ2) is 10.1. The number of rotatable bonds is 6. The maximum atomic E-state index is 13.2. The van der Waals surface area contributed by atoms with Crippen LogP contribution in [0, 0.1) is 18.7 Å². The van der Waals surface area contributed by atoms with E-state index in [0.29, 0.717) is 18.4 Å². The number of aliphatic imine (C=N–C) groups is 1. The Morgan fingerprint density at radius 2 is 1.78 bits per heavy atom. The Hall–Kier alpha value is -4.18. The molecular formula is C33H29FN2O. The minimum atomic E-state index is -0.249. The summed E-state index contributed by atoms with van der Waals surface area (Å²) in [6, 6.07) is 29.7. The molecule has 4 aromatic carbocycles. The molecule has 184 valence electrons. The molecule has 1 aliphatic carbocycles. The molecule has 37 heavy (non-hydrogen) atoms. The van der Waals surface area contributed by atoms with E-state index in [4.69, 9.17) is 9.73 Å². The molecule has 6 rings (SSSR count). The van der Waals surface area contributed by atoms with E-state index in [1.807, 2.05) is 30.5 Å². The van der Waals surface area contributed by atoms with Gasteiger partial charge in [0.15, 0.2) is 0 Å². The number of ether oxygens (including phenoxy) is 1. The van der Waals surface area contributed by atoms with Crippen LogP contribution >= 0.6 is 0 Å². The fourth-order valence-corrected chi connectivity index (χ4v) is 5.42. The molecule has 0 aromatic heterocycles. The number of para-hydroxylation sites is 1. The number of anilines is 1. The molecule has 3 nitrogen and oxygen atoms in total. The summed E-state index contributed by atoms with van der Waals surface area (Å²) >= 11 is 0. The summed E-state index contributed by atoms with van der Waals surface area (Å²) in [5.74, 6) is 1.48. The van der Waals surface area contributed by atoms with Crippen LogP contribution in [0.1, 0.15) is 46.2 Å². The Balaban J connectivity index is 1.17. The van der Waals surface area contributed by atoms with Gasteiger partial charge in [0.2, 0.25) is 0 Å². The number of nitrogens with zero attached hydrogens (tertiary/aromatic N) is 1. The second-order valence-electron chi connectivity index (χ2n) is 9.87. The normalized spacial score (nSPS) is 19.9. The number of fused-ring (bicyclic) bond motifs is 3. The van der Waals surface area contributed by atoms with Crippen LogP contribution in [0.3, 0.4) is 0 Å². The zero-order valence-corrected chi connectivity index (χ0v) is 20.8. The first kappa shape index (κ1) is 23.2. The van der Waals surface area contributed by atoms with Crippen molar-refractivity contribution in [3.8, 4) is 5.75 Å². The largest absolute Gasteiger partial charge is 0.488 e. The molecule has 0 spiro atoms. The Bertz CT molecular complexity index is 1460. The predicted octanol–water partition coefficient (Wildman–Crippen LogP) is 8.29. The highest BCUT2D eigenvalue weighted by Crippen LogP contribution is 2.50. The van der Waals surface area contributed by atoms with Gasteiger partial charge < -0.3 is 10.1 Å². The van der Waals surface area contributed by atoms with E-state index in [2.05, 4.69) is 66.9 Å². The van der Waals surface area contributed by atoms with Gasteiger partial charge in [0.1, 0.15) is 18.2 Å². The summed E-state index contributed by atoms with van der Waals surface area (Å²) in [5, 5.41) is 3.81. The third kappa shape index (κ3) is 4.92. The van der Waals surface area contributed by atoms with Crippen molar-refractivity contribution in [2.45, 2.75) is 31.9 Å². The summed E-state index contributed by atoms with van der Waals surface area (Å²) in [5.41, 5.74) is 7.95. The number of benzene rings is 4. The fourth-order valence-electron chi connectivity index (χ4n) is 5.42. The van der Waals surface area contributed by atoms with E-state index >= 15 is 0 Å². The molecule has 0 fully saturated rings. The zero-order chi connectivity index (χ0) is 25.2. The van der Waals surface area contributed by atoms with Crippen LogP contribution in [-0.4, -0.2) is 6.21 Å². The minimum absolute atomic E-state index is 0.249. The third-order valence-electron chi connectivity index (χ3n) is 7.35. The van der Waals surface area contributed by atoms with Gasteiger partial charge in [-0.1, -0.05) is 66.2 Å². The summed E-state index contributed by atoms with van der Waals surface area (Å²) in [7, 11) is 0. The fraction of sp³-hybridized carbons (Fsp3) is 0.182. The molecule has 1 aliphatic heterocycles. The van der Waals surface area contributed by atoms with Crippen molar-refractivity contribution in [3.63, 3.8) is 0 Å². The molecule has 3 atom stereocenters. The topological polar surface area (TPSA) is 33.6 Å². The lowest BCUT2D eigenvalue weighted by Crippen LogP contribution is -2.29. The zero-order valence-electron chi connectivity index (χ0n) is 20.8. The molecule has 2 aliphatic rings. The Labute approximate surface area is 217 Å². The molecule has 0 saturated heterocycles. The standard InChI is InChI=1S/C33H29FN2O/c1-22-9-18-31-30(19-22)28-6-4-7-29(28)33(36-31)24-12-16-27(17-13-24)35-20-25-5-2-3-8-32(25)37-21-23-10-14-26(34)15-11-23/h2-6,8-20,28-29,33,36H,7,21H2,1H3/t28-,29+,33+/m1/s1. The summed E-state index contributed by atoms with van der Waals surface area (Å²) in [6.07, 6.45) is 7.63. The number of nitrogens with one attached hydrogen (secondary N) is 1.